The molecule has 1 saturated heterocycles. The van der Waals surface area contributed by atoms with Crippen molar-refractivity contribution in [1.82, 2.24) is 19.7 Å². The van der Waals surface area contributed by atoms with Crippen molar-refractivity contribution in [2.45, 2.75) is 39.5 Å². The average Bonchev–Trinajstić information content (AvgIpc) is 3.08. The smallest absolute Gasteiger partial charge is 0.228 e. The molecule has 0 unspecified atom stereocenters. The van der Waals surface area contributed by atoms with Gasteiger partial charge >= 0.3 is 0 Å². The Morgan fingerprint density at radius 3 is 2.68 bits per heavy atom. The van der Waals surface area contributed by atoms with Gasteiger partial charge in [0.15, 0.2) is 0 Å². The summed E-state index contributed by atoms with van der Waals surface area (Å²) in [6.45, 7) is 5.55. The number of nitrogens with zero attached hydrogens (tertiary/aromatic N) is 4. The molecule has 118 valence electrons. The second kappa shape index (κ2) is 6.38. The Morgan fingerprint density at radius 1 is 1.32 bits per heavy atom. The summed E-state index contributed by atoms with van der Waals surface area (Å²) >= 11 is 7.66. The van der Waals surface area contributed by atoms with Gasteiger partial charge in [0, 0.05) is 18.5 Å². The second-order valence-electron chi connectivity index (χ2n) is 5.64. The van der Waals surface area contributed by atoms with E-state index in [0.29, 0.717) is 11.4 Å². The van der Waals surface area contributed by atoms with Crippen LogP contribution >= 0.6 is 22.9 Å². The maximum absolute atomic E-state index is 12.3. The minimum atomic E-state index is 0.169. The first-order valence-electron chi connectivity index (χ1n) is 7.50. The summed E-state index contributed by atoms with van der Waals surface area (Å²) in [4.78, 5) is 18.8. The molecule has 5 nitrogen and oxygen atoms in total. The molecule has 2 aromatic heterocycles. The molecule has 0 N–H and O–H groups in total. The normalized spacial score (nSPS) is 15.3. The molecular formula is C15H19ClN4OS. The van der Waals surface area contributed by atoms with E-state index in [2.05, 4.69) is 10.1 Å². The van der Waals surface area contributed by atoms with Crippen LogP contribution in [0.2, 0.25) is 5.02 Å². The van der Waals surface area contributed by atoms with Crippen molar-refractivity contribution in [3.8, 4) is 5.13 Å². The summed E-state index contributed by atoms with van der Waals surface area (Å²) in [6, 6.07) is 0. The molecule has 0 radical (unpaired) electrons. The number of thiazole rings is 1. The van der Waals surface area contributed by atoms with Crippen LogP contribution in [0.3, 0.4) is 0 Å². The number of piperidine rings is 1. The summed E-state index contributed by atoms with van der Waals surface area (Å²) in [5.41, 5.74) is 2.47. The zero-order chi connectivity index (χ0) is 15.7. The highest BCUT2D eigenvalue weighted by Crippen LogP contribution is 2.24. The van der Waals surface area contributed by atoms with Gasteiger partial charge in [0.05, 0.1) is 28.5 Å². The minimum absolute atomic E-state index is 0.169. The fourth-order valence-electron chi connectivity index (χ4n) is 2.69. The van der Waals surface area contributed by atoms with Crippen LogP contribution in [0.1, 0.15) is 36.3 Å². The third-order valence-corrected chi connectivity index (χ3v) is 5.38. The Kier molecular flexibility index (Phi) is 4.49. The molecular weight excluding hydrogens is 320 g/mol. The molecule has 2 aromatic rings. The van der Waals surface area contributed by atoms with Gasteiger partial charge in [0.2, 0.25) is 11.0 Å². The molecule has 0 saturated carbocycles. The number of likely N-dealkylation sites (tertiary alicyclic amines) is 1. The summed E-state index contributed by atoms with van der Waals surface area (Å²) < 4.78 is 1.75. The van der Waals surface area contributed by atoms with Gasteiger partial charge in [-0.15, -0.1) is 11.3 Å². The van der Waals surface area contributed by atoms with Gasteiger partial charge in [-0.05, 0) is 33.1 Å². The van der Waals surface area contributed by atoms with Crippen LogP contribution in [0.4, 0.5) is 0 Å². The molecule has 3 rings (SSSR count). The van der Waals surface area contributed by atoms with Crippen LogP contribution in [0.15, 0.2) is 5.38 Å². The van der Waals surface area contributed by atoms with Gasteiger partial charge < -0.3 is 4.90 Å². The number of halogens is 1. The van der Waals surface area contributed by atoms with Crippen LogP contribution < -0.4 is 0 Å². The van der Waals surface area contributed by atoms with Crippen LogP contribution in [0.25, 0.3) is 5.13 Å². The first kappa shape index (κ1) is 15.5. The monoisotopic (exact) mass is 338 g/mol. The molecule has 22 heavy (non-hydrogen) atoms. The number of amides is 1. The lowest BCUT2D eigenvalue weighted by molar-refractivity contribution is -0.131. The average molecular weight is 339 g/mol. The van der Waals surface area contributed by atoms with E-state index in [-0.39, 0.29) is 5.91 Å². The number of aromatic nitrogens is 3. The molecule has 3 heterocycles. The van der Waals surface area contributed by atoms with Gasteiger partial charge in [0.25, 0.3) is 0 Å². The fourth-order valence-corrected chi connectivity index (χ4v) is 3.64. The van der Waals surface area contributed by atoms with E-state index in [9.17, 15) is 4.79 Å². The zero-order valence-electron chi connectivity index (χ0n) is 12.8. The largest absolute Gasteiger partial charge is 0.342 e. The van der Waals surface area contributed by atoms with Gasteiger partial charge in [0.1, 0.15) is 0 Å². The zero-order valence-corrected chi connectivity index (χ0v) is 14.4. The molecule has 0 aliphatic carbocycles. The van der Waals surface area contributed by atoms with Crippen molar-refractivity contribution in [3.05, 3.63) is 27.5 Å². The van der Waals surface area contributed by atoms with Crippen LogP contribution in [-0.2, 0) is 11.2 Å². The molecule has 1 fully saturated rings. The highest BCUT2D eigenvalue weighted by molar-refractivity contribution is 7.12. The van der Waals surface area contributed by atoms with E-state index in [1.54, 1.807) is 4.68 Å². The predicted octanol–water partition coefficient (Wildman–Crippen LogP) is 3.15. The summed E-state index contributed by atoms with van der Waals surface area (Å²) in [5, 5.41) is 7.76. The van der Waals surface area contributed by atoms with E-state index >= 15 is 0 Å². The lowest BCUT2D eigenvalue weighted by atomic mass is 10.1. The first-order valence-corrected chi connectivity index (χ1v) is 8.76. The van der Waals surface area contributed by atoms with Gasteiger partial charge in [-0.25, -0.2) is 9.67 Å². The maximum Gasteiger partial charge on any atom is 0.228 e. The highest BCUT2D eigenvalue weighted by atomic mass is 35.5. The van der Waals surface area contributed by atoms with Crippen molar-refractivity contribution in [1.29, 1.82) is 0 Å². The molecule has 0 bridgehead atoms. The topological polar surface area (TPSA) is 51.0 Å². The number of carbonyl (C=O) groups excluding carboxylic acids is 1. The number of carbonyl (C=O) groups is 1. The third-order valence-electron chi connectivity index (χ3n) is 3.96. The van der Waals surface area contributed by atoms with Crippen molar-refractivity contribution in [2.24, 2.45) is 0 Å². The molecule has 1 aliphatic heterocycles. The van der Waals surface area contributed by atoms with Crippen molar-refractivity contribution >= 4 is 28.8 Å². The van der Waals surface area contributed by atoms with Crippen LogP contribution in [-0.4, -0.2) is 38.7 Å². The standard InChI is InChI=1S/C15H19ClN4OS/c1-10-14(16)11(2)20(18-10)15-17-12(9-22-15)8-13(21)19-6-4-3-5-7-19/h9H,3-8H2,1-2H3. The summed E-state index contributed by atoms with van der Waals surface area (Å²) in [7, 11) is 0. The molecule has 0 atom stereocenters. The lowest BCUT2D eigenvalue weighted by Gasteiger charge is -2.26. The molecule has 7 heteroatoms. The number of aryl methyl sites for hydroxylation is 1. The molecule has 1 amide bonds. The summed E-state index contributed by atoms with van der Waals surface area (Å²) in [5.74, 6) is 0.169. The Morgan fingerprint density at radius 2 is 2.05 bits per heavy atom. The van der Waals surface area contributed by atoms with E-state index in [0.717, 1.165) is 48.1 Å². The molecule has 0 spiro atoms. The van der Waals surface area contributed by atoms with Gasteiger partial charge in [-0.3, -0.25) is 4.79 Å². The van der Waals surface area contributed by atoms with E-state index in [1.165, 1.54) is 17.8 Å². The summed E-state index contributed by atoms with van der Waals surface area (Å²) in [6.07, 6.45) is 3.81. The first-order chi connectivity index (χ1) is 10.6. The van der Waals surface area contributed by atoms with Crippen molar-refractivity contribution in [2.75, 3.05) is 13.1 Å². The Bertz CT molecular complexity index is 688. The van der Waals surface area contributed by atoms with Crippen molar-refractivity contribution in [3.63, 3.8) is 0 Å². The van der Waals surface area contributed by atoms with Gasteiger partial charge in [-0.2, -0.15) is 5.10 Å². The van der Waals surface area contributed by atoms with Crippen molar-refractivity contribution < 1.29 is 4.79 Å². The van der Waals surface area contributed by atoms with E-state index < -0.39 is 0 Å². The van der Waals surface area contributed by atoms with Crippen LogP contribution in [0.5, 0.6) is 0 Å². The minimum Gasteiger partial charge on any atom is -0.342 e. The number of rotatable bonds is 3. The van der Waals surface area contributed by atoms with E-state index in [1.807, 2.05) is 24.1 Å². The third kappa shape index (κ3) is 3.03. The Labute approximate surface area is 138 Å². The predicted molar refractivity (Wildman–Crippen MR) is 87.9 cm³/mol. The van der Waals surface area contributed by atoms with Gasteiger partial charge in [-0.1, -0.05) is 11.6 Å². The molecule has 0 aromatic carbocycles. The second-order valence-corrected chi connectivity index (χ2v) is 6.85. The Balaban J connectivity index is 1.73. The Hall–Kier alpha value is -1.40. The number of hydrogen-bond donors (Lipinski definition) is 0. The fraction of sp³-hybridized carbons (Fsp3) is 0.533. The SMILES string of the molecule is Cc1nn(-c2nc(CC(=O)N3CCCCC3)cs2)c(C)c1Cl. The maximum atomic E-state index is 12.3. The van der Waals surface area contributed by atoms with Crippen LogP contribution in [0, 0.1) is 13.8 Å². The quantitative estimate of drug-likeness (QED) is 0.863. The molecule has 1 aliphatic rings. The highest BCUT2D eigenvalue weighted by Gasteiger charge is 2.19. The lowest BCUT2D eigenvalue weighted by Crippen LogP contribution is -2.36. The number of hydrogen-bond acceptors (Lipinski definition) is 4. The van der Waals surface area contributed by atoms with E-state index in [4.69, 9.17) is 11.6 Å².